The summed E-state index contributed by atoms with van der Waals surface area (Å²) in [4.78, 5) is 0. The zero-order valence-corrected chi connectivity index (χ0v) is 12.1. The van der Waals surface area contributed by atoms with E-state index in [1.54, 1.807) is 12.1 Å². The van der Waals surface area contributed by atoms with E-state index in [9.17, 15) is 4.39 Å². The van der Waals surface area contributed by atoms with E-state index in [4.69, 9.17) is 10.5 Å². The highest BCUT2D eigenvalue weighted by Crippen LogP contribution is 2.29. The Hall–Kier alpha value is -2.04. The van der Waals surface area contributed by atoms with Crippen molar-refractivity contribution in [3.63, 3.8) is 0 Å². The number of anilines is 1. The molecule has 5 heteroatoms. The number of aromatic nitrogens is 2. The fourth-order valence-electron chi connectivity index (χ4n) is 2.29. The minimum absolute atomic E-state index is 0.215. The van der Waals surface area contributed by atoms with Gasteiger partial charge in [-0.25, -0.2) is 4.39 Å². The average molecular weight is 277 g/mol. The zero-order valence-electron chi connectivity index (χ0n) is 12.1. The molecule has 2 rings (SSSR count). The summed E-state index contributed by atoms with van der Waals surface area (Å²) in [5.74, 6) is -0.201. The Morgan fingerprint density at radius 3 is 2.60 bits per heavy atom. The lowest BCUT2D eigenvalue weighted by Gasteiger charge is -2.12. The van der Waals surface area contributed by atoms with Gasteiger partial charge in [0.2, 0.25) is 0 Å². The van der Waals surface area contributed by atoms with Gasteiger partial charge in [-0.15, -0.1) is 0 Å². The monoisotopic (exact) mass is 277 g/mol. The van der Waals surface area contributed by atoms with Crippen LogP contribution in [0.4, 0.5) is 10.1 Å². The molecule has 0 amide bonds. The first-order valence-electron chi connectivity index (χ1n) is 6.79. The molecule has 0 saturated carbocycles. The van der Waals surface area contributed by atoms with E-state index in [2.05, 4.69) is 18.9 Å². The van der Waals surface area contributed by atoms with Gasteiger partial charge in [0.05, 0.1) is 18.8 Å². The first-order valence-corrected chi connectivity index (χ1v) is 6.79. The van der Waals surface area contributed by atoms with Gasteiger partial charge >= 0.3 is 0 Å². The number of rotatable bonds is 5. The third-order valence-electron chi connectivity index (χ3n) is 3.50. The van der Waals surface area contributed by atoms with Crippen LogP contribution >= 0.6 is 0 Å². The largest absolute Gasteiger partial charge is 0.494 e. The quantitative estimate of drug-likeness (QED) is 0.907. The van der Waals surface area contributed by atoms with E-state index < -0.39 is 5.82 Å². The Morgan fingerprint density at radius 2 is 2.05 bits per heavy atom. The molecule has 108 valence electrons. The Kier molecular flexibility index (Phi) is 4.27. The number of nitrogen functional groups attached to an aromatic ring is 1. The molecule has 0 radical (unpaired) electrons. The van der Waals surface area contributed by atoms with Crippen LogP contribution in [0.3, 0.4) is 0 Å². The van der Waals surface area contributed by atoms with Crippen molar-refractivity contribution in [2.45, 2.75) is 32.7 Å². The van der Waals surface area contributed by atoms with Crippen molar-refractivity contribution >= 4 is 5.69 Å². The van der Waals surface area contributed by atoms with Crippen molar-refractivity contribution in [3.8, 4) is 17.0 Å². The third-order valence-corrected chi connectivity index (χ3v) is 3.50. The van der Waals surface area contributed by atoms with E-state index >= 15 is 0 Å². The molecular formula is C15H20FN3O. The van der Waals surface area contributed by atoms with Crippen LogP contribution in [0.1, 0.15) is 32.7 Å². The molecule has 20 heavy (non-hydrogen) atoms. The van der Waals surface area contributed by atoms with E-state index in [1.807, 2.05) is 10.9 Å². The van der Waals surface area contributed by atoms with Crippen LogP contribution in [0.15, 0.2) is 24.4 Å². The molecule has 0 aliphatic heterocycles. The summed E-state index contributed by atoms with van der Waals surface area (Å²) in [6.45, 7) is 4.22. The zero-order chi connectivity index (χ0) is 14.7. The molecule has 1 aromatic heterocycles. The Bertz CT molecular complexity index is 591. The second-order valence-corrected chi connectivity index (χ2v) is 4.73. The van der Waals surface area contributed by atoms with Crippen LogP contribution in [0.2, 0.25) is 0 Å². The SMILES string of the molecule is CCC(CC)n1cc(N)c(-c2ccc(OC)c(F)c2)n1. The number of ether oxygens (including phenoxy) is 1. The number of benzene rings is 1. The second kappa shape index (κ2) is 5.94. The minimum Gasteiger partial charge on any atom is -0.494 e. The van der Waals surface area contributed by atoms with Gasteiger partial charge in [0.1, 0.15) is 5.69 Å². The Morgan fingerprint density at radius 1 is 1.35 bits per heavy atom. The topological polar surface area (TPSA) is 53.1 Å². The van der Waals surface area contributed by atoms with Crippen LogP contribution in [-0.2, 0) is 0 Å². The summed E-state index contributed by atoms with van der Waals surface area (Å²) >= 11 is 0. The Labute approximate surface area is 118 Å². The summed E-state index contributed by atoms with van der Waals surface area (Å²) in [6, 6.07) is 5.06. The van der Waals surface area contributed by atoms with Gasteiger partial charge < -0.3 is 10.5 Å². The second-order valence-electron chi connectivity index (χ2n) is 4.73. The summed E-state index contributed by atoms with van der Waals surface area (Å²) in [6.07, 6.45) is 3.78. The fraction of sp³-hybridized carbons (Fsp3) is 0.400. The third kappa shape index (κ3) is 2.61. The summed E-state index contributed by atoms with van der Waals surface area (Å²) in [5, 5.41) is 4.50. The highest BCUT2D eigenvalue weighted by atomic mass is 19.1. The van der Waals surface area contributed by atoms with Crippen molar-refractivity contribution in [1.29, 1.82) is 0 Å². The van der Waals surface area contributed by atoms with E-state index in [-0.39, 0.29) is 5.75 Å². The molecule has 0 saturated heterocycles. The van der Waals surface area contributed by atoms with Gasteiger partial charge in [0.15, 0.2) is 11.6 Å². The molecule has 0 atom stereocenters. The van der Waals surface area contributed by atoms with Crippen LogP contribution in [0.5, 0.6) is 5.75 Å². The van der Waals surface area contributed by atoms with E-state index in [0.29, 0.717) is 23.0 Å². The molecule has 1 heterocycles. The number of hydrogen-bond acceptors (Lipinski definition) is 3. The van der Waals surface area contributed by atoms with Gasteiger partial charge in [0.25, 0.3) is 0 Å². The van der Waals surface area contributed by atoms with E-state index in [1.165, 1.54) is 13.2 Å². The van der Waals surface area contributed by atoms with Crippen molar-refractivity contribution < 1.29 is 9.13 Å². The molecule has 0 fully saturated rings. The molecule has 0 spiro atoms. The molecule has 2 N–H and O–H groups in total. The van der Waals surface area contributed by atoms with Gasteiger partial charge in [-0.2, -0.15) is 5.10 Å². The number of halogens is 1. The lowest BCUT2D eigenvalue weighted by molar-refractivity contribution is 0.386. The van der Waals surface area contributed by atoms with Crippen molar-refractivity contribution in [2.75, 3.05) is 12.8 Å². The van der Waals surface area contributed by atoms with Gasteiger partial charge in [-0.3, -0.25) is 4.68 Å². The molecule has 0 aliphatic rings. The summed E-state index contributed by atoms with van der Waals surface area (Å²) in [5.41, 5.74) is 7.83. The lowest BCUT2D eigenvalue weighted by Crippen LogP contribution is -2.07. The predicted octanol–water partition coefficient (Wildman–Crippen LogP) is 3.64. The molecule has 0 unspecified atom stereocenters. The predicted molar refractivity (Wildman–Crippen MR) is 78.2 cm³/mol. The average Bonchev–Trinajstić information content (AvgIpc) is 2.82. The van der Waals surface area contributed by atoms with Crippen molar-refractivity contribution in [2.24, 2.45) is 0 Å². The van der Waals surface area contributed by atoms with Crippen LogP contribution in [0.25, 0.3) is 11.3 Å². The van der Waals surface area contributed by atoms with E-state index in [0.717, 1.165) is 12.8 Å². The molecular weight excluding hydrogens is 257 g/mol. The number of methoxy groups -OCH3 is 1. The maximum absolute atomic E-state index is 13.8. The summed E-state index contributed by atoms with van der Waals surface area (Å²) < 4.78 is 20.5. The fourth-order valence-corrected chi connectivity index (χ4v) is 2.29. The first-order chi connectivity index (χ1) is 9.60. The van der Waals surface area contributed by atoms with Gasteiger partial charge in [-0.05, 0) is 31.0 Å². The molecule has 0 aliphatic carbocycles. The Balaban J connectivity index is 2.40. The molecule has 4 nitrogen and oxygen atoms in total. The van der Waals surface area contributed by atoms with Crippen LogP contribution in [0, 0.1) is 5.82 Å². The minimum atomic E-state index is -0.415. The standard InChI is InChI=1S/C15H20FN3O/c1-4-11(5-2)19-9-13(17)15(18-19)10-6-7-14(20-3)12(16)8-10/h6-9,11H,4-5,17H2,1-3H3. The number of hydrogen-bond donors (Lipinski definition) is 1. The molecule has 2 aromatic rings. The first kappa shape index (κ1) is 14.4. The van der Waals surface area contributed by atoms with Gasteiger partial charge in [0, 0.05) is 11.8 Å². The van der Waals surface area contributed by atoms with Crippen molar-refractivity contribution in [1.82, 2.24) is 9.78 Å². The van der Waals surface area contributed by atoms with Crippen LogP contribution in [-0.4, -0.2) is 16.9 Å². The highest BCUT2D eigenvalue weighted by Gasteiger charge is 2.14. The highest BCUT2D eigenvalue weighted by molar-refractivity contribution is 5.72. The smallest absolute Gasteiger partial charge is 0.165 e. The van der Waals surface area contributed by atoms with Gasteiger partial charge in [-0.1, -0.05) is 13.8 Å². The maximum Gasteiger partial charge on any atom is 0.165 e. The van der Waals surface area contributed by atoms with Crippen molar-refractivity contribution in [3.05, 3.63) is 30.2 Å². The summed E-state index contributed by atoms with van der Waals surface area (Å²) in [7, 11) is 1.44. The normalized spacial score (nSPS) is 11.1. The number of nitrogens with zero attached hydrogens (tertiary/aromatic N) is 2. The number of nitrogens with two attached hydrogens (primary N) is 1. The maximum atomic E-state index is 13.8. The van der Waals surface area contributed by atoms with Crippen LogP contribution < -0.4 is 10.5 Å². The molecule has 1 aromatic carbocycles. The lowest BCUT2D eigenvalue weighted by atomic mass is 10.1. The molecule has 0 bridgehead atoms.